The highest BCUT2D eigenvalue weighted by Crippen LogP contribution is 2.15. The van der Waals surface area contributed by atoms with E-state index in [0.717, 1.165) is 0 Å². The van der Waals surface area contributed by atoms with E-state index in [-0.39, 0.29) is 17.1 Å². The Labute approximate surface area is 118 Å². The highest BCUT2D eigenvalue weighted by atomic mass is 16.3. The molecule has 106 valence electrons. The zero-order valence-corrected chi connectivity index (χ0v) is 11.6. The summed E-state index contributed by atoms with van der Waals surface area (Å²) in [6.45, 7) is 6.78. The molecule has 0 aromatic heterocycles. The number of hydrogen-bond acceptors (Lipinski definition) is 4. The van der Waals surface area contributed by atoms with Crippen molar-refractivity contribution in [3.8, 4) is 11.8 Å². The van der Waals surface area contributed by atoms with Gasteiger partial charge in [0.2, 0.25) is 0 Å². The molecule has 0 radical (unpaired) electrons. The molecule has 0 aliphatic heterocycles. The third-order valence-electron chi connectivity index (χ3n) is 2.86. The first-order chi connectivity index (χ1) is 9.20. The van der Waals surface area contributed by atoms with Gasteiger partial charge in [-0.1, -0.05) is 18.4 Å². The van der Waals surface area contributed by atoms with Gasteiger partial charge in [-0.15, -0.1) is 0 Å². The summed E-state index contributed by atoms with van der Waals surface area (Å²) in [4.78, 5) is 22.6. The van der Waals surface area contributed by atoms with Gasteiger partial charge >= 0.3 is 0 Å². The van der Waals surface area contributed by atoms with Crippen molar-refractivity contribution in [3.05, 3.63) is 36.0 Å². The molecule has 0 fully saturated rings. The second-order valence-corrected chi connectivity index (χ2v) is 5.22. The van der Waals surface area contributed by atoms with E-state index in [1.165, 1.54) is 32.1 Å². The molecule has 4 nitrogen and oxygen atoms in total. The molecule has 0 saturated carbocycles. The van der Waals surface area contributed by atoms with Crippen LogP contribution in [0.1, 0.15) is 26.7 Å². The van der Waals surface area contributed by atoms with Crippen LogP contribution in [0.2, 0.25) is 0 Å². The number of aliphatic hydroxyl groups excluding tert-OH is 1. The SMILES string of the molecule is C=C(C#CC1=CC(=O)C=CC1=O)CCC(O)C(C)(C)O. The van der Waals surface area contributed by atoms with Crippen molar-refractivity contribution < 1.29 is 19.8 Å². The fourth-order valence-corrected chi connectivity index (χ4v) is 1.49. The Morgan fingerprint density at radius 3 is 2.65 bits per heavy atom. The molecule has 0 saturated heterocycles. The van der Waals surface area contributed by atoms with Crippen molar-refractivity contribution in [1.82, 2.24) is 0 Å². The summed E-state index contributed by atoms with van der Waals surface area (Å²) in [6, 6.07) is 0. The molecule has 20 heavy (non-hydrogen) atoms. The third kappa shape index (κ3) is 4.96. The highest BCUT2D eigenvalue weighted by molar-refractivity contribution is 6.19. The summed E-state index contributed by atoms with van der Waals surface area (Å²) in [7, 11) is 0. The van der Waals surface area contributed by atoms with Crippen molar-refractivity contribution in [1.29, 1.82) is 0 Å². The fourth-order valence-electron chi connectivity index (χ4n) is 1.49. The molecule has 4 heteroatoms. The minimum Gasteiger partial charge on any atom is -0.390 e. The van der Waals surface area contributed by atoms with Crippen LogP contribution in [0.3, 0.4) is 0 Å². The monoisotopic (exact) mass is 274 g/mol. The predicted octanol–water partition coefficient (Wildman–Crippen LogP) is 1.09. The van der Waals surface area contributed by atoms with Crippen LogP contribution >= 0.6 is 0 Å². The van der Waals surface area contributed by atoms with Gasteiger partial charge in [-0.3, -0.25) is 9.59 Å². The summed E-state index contributed by atoms with van der Waals surface area (Å²) in [5.41, 5.74) is -0.502. The second kappa shape index (κ2) is 6.47. The topological polar surface area (TPSA) is 74.6 Å². The van der Waals surface area contributed by atoms with Crippen molar-refractivity contribution in [2.75, 3.05) is 0 Å². The zero-order valence-electron chi connectivity index (χ0n) is 11.6. The van der Waals surface area contributed by atoms with E-state index in [1.807, 2.05) is 0 Å². The first-order valence-electron chi connectivity index (χ1n) is 6.28. The lowest BCUT2D eigenvalue weighted by atomic mass is 9.96. The van der Waals surface area contributed by atoms with E-state index in [2.05, 4.69) is 18.4 Å². The number of hydrogen-bond donors (Lipinski definition) is 2. The minimum absolute atomic E-state index is 0.140. The van der Waals surface area contributed by atoms with E-state index in [0.29, 0.717) is 18.4 Å². The quantitative estimate of drug-likeness (QED) is 0.594. The van der Waals surface area contributed by atoms with Gasteiger partial charge in [0.15, 0.2) is 11.6 Å². The summed E-state index contributed by atoms with van der Waals surface area (Å²) in [6.07, 6.45) is 3.43. The molecule has 0 heterocycles. The van der Waals surface area contributed by atoms with Crippen LogP contribution in [0.25, 0.3) is 0 Å². The van der Waals surface area contributed by atoms with Gasteiger partial charge in [-0.2, -0.15) is 0 Å². The van der Waals surface area contributed by atoms with Gasteiger partial charge in [0, 0.05) is 6.08 Å². The first kappa shape index (κ1) is 16.1. The Balaban J connectivity index is 2.58. The highest BCUT2D eigenvalue weighted by Gasteiger charge is 2.23. The average molecular weight is 274 g/mol. The first-order valence-corrected chi connectivity index (χ1v) is 6.28. The van der Waals surface area contributed by atoms with Crippen molar-refractivity contribution >= 4 is 11.6 Å². The van der Waals surface area contributed by atoms with Crippen LogP contribution in [0, 0.1) is 11.8 Å². The van der Waals surface area contributed by atoms with Gasteiger partial charge in [-0.05, 0) is 44.4 Å². The molecule has 1 atom stereocenters. The molecule has 0 bridgehead atoms. The molecular weight excluding hydrogens is 256 g/mol. The van der Waals surface area contributed by atoms with Crippen LogP contribution in [0.4, 0.5) is 0 Å². The van der Waals surface area contributed by atoms with Gasteiger partial charge in [0.25, 0.3) is 0 Å². The Kier molecular flexibility index (Phi) is 5.20. The van der Waals surface area contributed by atoms with Crippen molar-refractivity contribution in [2.24, 2.45) is 0 Å². The summed E-state index contributed by atoms with van der Waals surface area (Å²) in [5.74, 6) is 4.74. The molecule has 0 spiro atoms. The number of carbonyl (C=O) groups excluding carboxylic acids is 2. The van der Waals surface area contributed by atoms with Gasteiger partial charge < -0.3 is 10.2 Å². The van der Waals surface area contributed by atoms with Crippen molar-refractivity contribution in [3.63, 3.8) is 0 Å². The average Bonchev–Trinajstić information content (AvgIpc) is 2.35. The normalized spacial score (nSPS) is 16.3. The van der Waals surface area contributed by atoms with Crippen LogP contribution in [0.5, 0.6) is 0 Å². The molecule has 1 aliphatic rings. The molecular formula is C16H18O4. The number of carbonyl (C=O) groups is 2. The third-order valence-corrected chi connectivity index (χ3v) is 2.86. The molecule has 1 unspecified atom stereocenters. The summed E-state index contributed by atoms with van der Waals surface area (Å²) in [5, 5.41) is 19.3. The zero-order chi connectivity index (χ0) is 15.3. The Morgan fingerprint density at radius 1 is 1.40 bits per heavy atom. The molecule has 0 aromatic carbocycles. The van der Waals surface area contributed by atoms with E-state index in [1.54, 1.807) is 0 Å². The lowest BCUT2D eigenvalue weighted by molar-refractivity contribution is -0.114. The minimum atomic E-state index is -1.17. The van der Waals surface area contributed by atoms with Crippen LogP contribution in [-0.4, -0.2) is 33.5 Å². The Bertz CT molecular complexity index is 547. The smallest absolute Gasteiger partial charge is 0.194 e. The lowest BCUT2D eigenvalue weighted by Crippen LogP contribution is -2.35. The van der Waals surface area contributed by atoms with Gasteiger partial charge in [-0.25, -0.2) is 0 Å². The summed E-state index contributed by atoms with van der Waals surface area (Å²) < 4.78 is 0. The standard InChI is InChI=1S/C16H18O4/c1-11(5-9-15(19)16(2,3)20)4-6-12-10-13(17)7-8-14(12)18/h7-8,10,15,19-20H,1,5,9H2,2-3H3. The van der Waals surface area contributed by atoms with Gasteiger partial charge in [0.05, 0.1) is 17.3 Å². The maximum absolute atomic E-state index is 11.4. The Morgan fingerprint density at radius 2 is 2.05 bits per heavy atom. The molecule has 1 rings (SSSR count). The maximum Gasteiger partial charge on any atom is 0.194 e. The number of aliphatic hydroxyl groups is 2. The second-order valence-electron chi connectivity index (χ2n) is 5.22. The number of ketones is 2. The molecule has 2 N–H and O–H groups in total. The predicted molar refractivity (Wildman–Crippen MR) is 75.7 cm³/mol. The molecule has 0 amide bonds. The van der Waals surface area contributed by atoms with Crippen LogP contribution in [-0.2, 0) is 9.59 Å². The lowest BCUT2D eigenvalue weighted by Gasteiger charge is -2.24. The van der Waals surface area contributed by atoms with E-state index < -0.39 is 11.7 Å². The number of allylic oxidation sites excluding steroid dienone is 5. The van der Waals surface area contributed by atoms with Crippen molar-refractivity contribution in [2.45, 2.75) is 38.4 Å². The van der Waals surface area contributed by atoms with E-state index >= 15 is 0 Å². The summed E-state index contributed by atoms with van der Waals surface area (Å²) >= 11 is 0. The number of rotatable bonds is 4. The van der Waals surface area contributed by atoms with Gasteiger partial charge in [0.1, 0.15) is 0 Å². The van der Waals surface area contributed by atoms with Crippen LogP contribution < -0.4 is 0 Å². The fraction of sp³-hybridized carbons (Fsp3) is 0.375. The van der Waals surface area contributed by atoms with E-state index in [9.17, 15) is 19.8 Å². The molecule has 0 aromatic rings. The largest absolute Gasteiger partial charge is 0.390 e. The van der Waals surface area contributed by atoms with Crippen LogP contribution in [0.15, 0.2) is 36.0 Å². The molecule has 1 aliphatic carbocycles. The van der Waals surface area contributed by atoms with E-state index in [4.69, 9.17) is 0 Å². The Hall–Kier alpha value is -1.96. The maximum atomic E-state index is 11.4.